The van der Waals surface area contributed by atoms with Gasteiger partial charge in [-0.05, 0) is 56.5 Å². The van der Waals surface area contributed by atoms with Gasteiger partial charge in [0.1, 0.15) is 5.52 Å². The highest BCUT2D eigenvalue weighted by Crippen LogP contribution is 2.37. The Morgan fingerprint density at radius 1 is 1.31 bits per heavy atom. The Labute approximate surface area is 173 Å². The van der Waals surface area contributed by atoms with Gasteiger partial charge < -0.3 is 5.32 Å². The SMILES string of the molecule is CC(C)CC(=O)NC1CCN(C)C12CCCN(Cc1ccc3c(c1)nnn3C)C2. The van der Waals surface area contributed by atoms with Crippen molar-refractivity contribution in [3.8, 4) is 0 Å². The predicted octanol–water partition coefficient (Wildman–Crippen LogP) is 2.17. The van der Waals surface area contributed by atoms with Crippen molar-refractivity contribution in [3.05, 3.63) is 23.8 Å². The zero-order valence-electron chi connectivity index (χ0n) is 18.2. The molecule has 7 heteroatoms. The van der Waals surface area contributed by atoms with Crippen LogP contribution >= 0.6 is 0 Å². The number of nitrogens with one attached hydrogen (secondary N) is 1. The van der Waals surface area contributed by atoms with Crippen LogP contribution < -0.4 is 5.32 Å². The van der Waals surface area contributed by atoms with E-state index in [1.807, 2.05) is 11.7 Å². The van der Waals surface area contributed by atoms with Crippen molar-refractivity contribution in [2.45, 2.75) is 57.7 Å². The van der Waals surface area contributed by atoms with E-state index < -0.39 is 0 Å². The van der Waals surface area contributed by atoms with Gasteiger partial charge >= 0.3 is 0 Å². The Kier molecular flexibility index (Phi) is 5.62. The molecule has 3 heterocycles. The minimum absolute atomic E-state index is 0.0432. The van der Waals surface area contributed by atoms with E-state index in [0.29, 0.717) is 12.3 Å². The highest BCUT2D eigenvalue weighted by molar-refractivity contribution is 5.76. The van der Waals surface area contributed by atoms with E-state index >= 15 is 0 Å². The number of benzene rings is 1. The number of aromatic nitrogens is 3. The molecule has 2 atom stereocenters. The Hall–Kier alpha value is -1.99. The number of likely N-dealkylation sites (N-methyl/N-ethyl adjacent to an activating group) is 1. The van der Waals surface area contributed by atoms with Gasteiger partial charge in [-0.1, -0.05) is 25.1 Å². The molecule has 2 aliphatic heterocycles. The molecule has 29 heavy (non-hydrogen) atoms. The van der Waals surface area contributed by atoms with Gasteiger partial charge in [0.15, 0.2) is 0 Å². The third-order valence-electron chi connectivity index (χ3n) is 6.75. The molecule has 2 unspecified atom stereocenters. The third kappa shape index (κ3) is 4.03. The van der Waals surface area contributed by atoms with E-state index in [2.05, 4.69) is 64.5 Å². The lowest BCUT2D eigenvalue weighted by molar-refractivity contribution is -0.123. The molecule has 2 aromatic rings. The van der Waals surface area contributed by atoms with Crippen LogP contribution in [-0.4, -0.2) is 69.0 Å². The second-order valence-electron chi connectivity index (χ2n) is 9.38. The second kappa shape index (κ2) is 8.03. The topological polar surface area (TPSA) is 66.3 Å². The Morgan fingerprint density at radius 3 is 2.93 bits per heavy atom. The van der Waals surface area contributed by atoms with E-state index in [9.17, 15) is 4.79 Å². The number of hydrogen-bond acceptors (Lipinski definition) is 5. The van der Waals surface area contributed by atoms with Crippen molar-refractivity contribution < 1.29 is 4.79 Å². The number of likely N-dealkylation sites (tertiary alicyclic amines) is 2. The molecule has 1 N–H and O–H groups in total. The quantitative estimate of drug-likeness (QED) is 0.836. The van der Waals surface area contributed by atoms with Crippen LogP contribution in [0.3, 0.4) is 0 Å². The number of hydrogen-bond donors (Lipinski definition) is 1. The van der Waals surface area contributed by atoms with Gasteiger partial charge in [0.05, 0.1) is 11.1 Å². The first-order valence-electron chi connectivity index (χ1n) is 10.9. The summed E-state index contributed by atoms with van der Waals surface area (Å²) in [6.45, 7) is 8.26. The normalized spacial score (nSPS) is 26.0. The molecule has 2 fully saturated rings. The molecule has 0 saturated carbocycles. The van der Waals surface area contributed by atoms with Crippen molar-refractivity contribution in [2.75, 3.05) is 26.7 Å². The van der Waals surface area contributed by atoms with Gasteiger partial charge in [-0.15, -0.1) is 5.10 Å². The summed E-state index contributed by atoms with van der Waals surface area (Å²) < 4.78 is 1.81. The lowest BCUT2D eigenvalue weighted by Gasteiger charge is -2.48. The molecule has 1 amide bonds. The minimum atomic E-state index is 0.0432. The van der Waals surface area contributed by atoms with Gasteiger partial charge in [-0.25, -0.2) is 4.68 Å². The molecule has 0 aliphatic carbocycles. The van der Waals surface area contributed by atoms with Crippen LogP contribution in [-0.2, 0) is 18.4 Å². The monoisotopic (exact) mass is 398 g/mol. The highest BCUT2D eigenvalue weighted by Gasteiger charge is 2.49. The molecular weight excluding hydrogens is 364 g/mol. The fraction of sp³-hybridized carbons (Fsp3) is 0.682. The van der Waals surface area contributed by atoms with Crippen molar-refractivity contribution >= 4 is 16.9 Å². The lowest BCUT2D eigenvalue weighted by atomic mass is 9.82. The first-order valence-corrected chi connectivity index (χ1v) is 10.9. The largest absolute Gasteiger partial charge is 0.351 e. The van der Waals surface area contributed by atoms with Crippen molar-refractivity contribution in [2.24, 2.45) is 13.0 Å². The van der Waals surface area contributed by atoms with Crippen molar-refractivity contribution in [1.82, 2.24) is 30.1 Å². The number of carbonyl (C=O) groups excluding carboxylic acids is 1. The molecule has 2 aliphatic rings. The van der Waals surface area contributed by atoms with Crippen LogP contribution in [0.25, 0.3) is 11.0 Å². The third-order valence-corrected chi connectivity index (χ3v) is 6.75. The summed E-state index contributed by atoms with van der Waals surface area (Å²) in [5.41, 5.74) is 3.33. The predicted molar refractivity (Wildman–Crippen MR) is 114 cm³/mol. The molecule has 158 valence electrons. The van der Waals surface area contributed by atoms with E-state index in [0.717, 1.165) is 56.5 Å². The maximum Gasteiger partial charge on any atom is 0.220 e. The molecule has 1 aromatic heterocycles. The van der Waals surface area contributed by atoms with Gasteiger partial charge in [-0.2, -0.15) is 0 Å². The molecule has 0 radical (unpaired) electrons. The standard InChI is InChI=1S/C22H34N6O/c1-16(2)12-21(29)23-20-8-11-26(3)22(20)9-5-10-28(15-22)14-17-6-7-19-18(13-17)24-25-27(19)4/h6-7,13,16,20H,5,8-12,14-15H2,1-4H3,(H,23,29). The van der Waals surface area contributed by atoms with Crippen LogP contribution in [0.1, 0.15) is 45.1 Å². The summed E-state index contributed by atoms with van der Waals surface area (Å²) in [6, 6.07) is 6.70. The summed E-state index contributed by atoms with van der Waals surface area (Å²) in [5, 5.41) is 11.8. The molecule has 2 saturated heterocycles. The summed E-state index contributed by atoms with van der Waals surface area (Å²) in [6.07, 6.45) is 3.96. The summed E-state index contributed by atoms with van der Waals surface area (Å²) >= 11 is 0. The van der Waals surface area contributed by atoms with E-state index in [4.69, 9.17) is 0 Å². The van der Waals surface area contributed by atoms with E-state index in [1.54, 1.807) is 0 Å². The number of rotatable bonds is 5. The number of fused-ring (bicyclic) bond motifs is 1. The summed E-state index contributed by atoms with van der Waals surface area (Å²) in [7, 11) is 4.15. The fourth-order valence-corrected chi connectivity index (χ4v) is 5.24. The van der Waals surface area contributed by atoms with Crippen LogP contribution in [0.15, 0.2) is 18.2 Å². The van der Waals surface area contributed by atoms with Crippen molar-refractivity contribution in [1.29, 1.82) is 0 Å². The number of nitrogens with zero attached hydrogens (tertiary/aromatic N) is 5. The second-order valence-corrected chi connectivity index (χ2v) is 9.38. The van der Waals surface area contributed by atoms with Crippen LogP contribution in [0, 0.1) is 5.92 Å². The average molecular weight is 399 g/mol. The average Bonchev–Trinajstić information content (AvgIpc) is 3.17. The maximum atomic E-state index is 12.5. The molecule has 7 nitrogen and oxygen atoms in total. The van der Waals surface area contributed by atoms with E-state index in [-0.39, 0.29) is 17.5 Å². The fourth-order valence-electron chi connectivity index (χ4n) is 5.24. The summed E-state index contributed by atoms with van der Waals surface area (Å²) in [5.74, 6) is 0.592. The van der Waals surface area contributed by atoms with E-state index in [1.165, 1.54) is 5.56 Å². The van der Waals surface area contributed by atoms with Crippen molar-refractivity contribution in [3.63, 3.8) is 0 Å². The summed E-state index contributed by atoms with van der Waals surface area (Å²) in [4.78, 5) is 17.5. The first kappa shape index (κ1) is 20.3. The van der Waals surface area contributed by atoms with Gasteiger partial charge in [0, 0.05) is 39.1 Å². The molecular formula is C22H34N6O. The number of carbonyl (C=O) groups is 1. The van der Waals surface area contributed by atoms with Crippen LogP contribution in [0.2, 0.25) is 0 Å². The molecule has 0 bridgehead atoms. The zero-order chi connectivity index (χ0) is 20.6. The Morgan fingerprint density at radius 2 is 2.14 bits per heavy atom. The van der Waals surface area contributed by atoms with Gasteiger partial charge in [-0.3, -0.25) is 14.6 Å². The van der Waals surface area contributed by atoms with Gasteiger partial charge in [0.2, 0.25) is 5.91 Å². The first-order chi connectivity index (χ1) is 13.9. The number of amides is 1. The Bertz CT molecular complexity index is 877. The lowest BCUT2D eigenvalue weighted by Crippen LogP contribution is -2.63. The highest BCUT2D eigenvalue weighted by atomic mass is 16.1. The Balaban J connectivity index is 1.48. The maximum absolute atomic E-state index is 12.5. The number of aryl methyl sites for hydroxylation is 1. The number of piperidine rings is 1. The van der Waals surface area contributed by atoms with Crippen LogP contribution in [0.4, 0.5) is 0 Å². The van der Waals surface area contributed by atoms with Crippen LogP contribution in [0.5, 0.6) is 0 Å². The molecule has 4 rings (SSSR count). The molecule has 1 spiro atoms. The molecule has 1 aromatic carbocycles. The van der Waals surface area contributed by atoms with Gasteiger partial charge in [0.25, 0.3) is 0 Å². The smallest absolute Gasteiger partial charge is 0.220 e. The zero-order valence-corrected chi connectivity index (χ0v) is 18.2. The minimum Gasteiger partial charge on any atom is -0.351 e.